The normalized spacial score (nSPS) is 12.1. The second-order valence-corrected chi connectivity index (χ2v) is 15.0. The second-order valence-electron chi connectivity index (χ2n) is 15.0. The average Bonchev–Trinajstić information content (AvgIpc) is 3.77. The topological polar surface area (TPSA) is 32.8 Å². The Balaban J connectivity index is 1.00. The molecule has 0 unspecified atom stereocenters. The summed E-state index contributed by atoms with van der Waals surface area (Å²) in [5.41, 5.74) is 8.54. The number of benzene rings is 9. The number of rotatable bonds is 6. The van der Waals surface area contributed by atoms with Gasteiger partial charge in [-0.3, -0.25) is 0 Å². The maximum atomic E-state index is 13.8. The van der Waals surface area contributed by atoms with Gasteiger partial charge in [-0.05, 0) is 143 Å². The van der Waals surface area contributed by atoms with Gasteiger partial charge in [-0.2, -0.15) is 13.2 Å². The van der Waals surface area contributed by atoms with Crippen molar-refractivity contribution in [1.82, 2.24) is 0 Å². The van der Waals surface area contributed by atoms with E-state index in [2.05, 4.69) is 103 Å². The number of hydrogen-bond donors (Lipinski definition) is 0. The third-order valence-electron chi connectivity index (χ3n) is 11.2. The summed E-state index contributed by atoms with van der Waals surface area (Å²) in [5.74, 6) is 0. The first-order valence-corrected chi connectivity index (χ1v) is 19.4. The maximum Gasteiger partial charge on any atom is 0.416 e. The summed E-state index contributed by atoms with van der Waals surface area (Å²) >= 11 is 0. The molecule has 284 valence electrons. The van der Waals surface area contributed by atoms with Gasteiger partial charge >= 0.3 is 6.18 Å². The van der Waals surface area contributed by atoms with Gasteiger partial charge in [0, 0.05) is 61.7 Å². The number of furan rings is 2. The van der Waals surface area contributed by atoms with Crippen molar-refractivity contribution in [2.45, 2.75) is 13.1 Å². The van der Waals surface area contributed by atoms with Crippen LogP contribution in [0.2, 0.25) is 0 Å². The molecule has 9 aromatic carbocycles. The molecule has 2 heterocycles. The Kier molecular flexibility index (Phi) is 7.82. The molecule has 0 radical (unpaired) electrons. The van der Waals surface area contributed by atoms with Gasteiger partial charge in [-0.25, -0.2) is 0 Å². The molecule has 0 amide bonds. The van der Waals surface area contributed by atoms with Crippen molar-refractivity contribution in [3.8, 4) is 0 Å². The molecule has 0 aliphatic rings. The first-order valence-electron chi connectivity index (χ1n) is 19.4. The van der Waals surface area contributed by atoms with E-state index in [9.17, 15) is 13.2 Å². The van der Waals surface area contributed by atoms with Crippen molar-refractivity contribution in [2.24, 2.45) is 0 Å². The number of fused-ring (bicyclic) bond motifs is 8. The minimum atomic E-state index is -4.47. The van der Waals surface area contributed by atoms with E-state index in [0.29, 0.717) is 16.9 Å². The van der Waals surface area contributed by atoms with Crippen LogP contribution < -0.4 is 9.80 Å². The van der Waals surface area contributed by atoms with Gasteiger partial charge in [0.05, 0.1) is 5.56 Å². The Morgan fingerprint density at radius 3 is 1.31 bits per heavy atom. The highest BCUT2D eigenvalue weighted by Gasteiger charge is 2.31. The van der Waals surface area contributed by atoms with Crippen LogP contribution in [0.4, 0.5) is 47.3 Å². The molecular weight excluding hydrogens is 742 g/mol. The van der Waals surface area contributed by atoms with Crippen LogP contribution in [0.3, 0.4) is 0 Å². The number of aryl methyl sites for hydroxylation is 1. The van der Waals surface area contributed by atoms with Gasteiger partial charge < -0.3 is 18.6 Å². The van der Waals surface area contributed by atoms with Gasteiger partial charge in [-0.1, -0.05) is 66.7 Å². The van der Waals surface area contributed by atoms with E-state index in [-0.39, 0.29) is 0 Å². The van der Waals surface area contributed by atoms with E-state index < -0.39 is 11.7 Å². The fraction of sp³-hybridized carbons (Fsp3) is 0.0385. The lowest BCUT2D eigenvalue weighted by Crippen LogP contribution is -2.12. The maximum absolute atomic E-state index is 13.8. The highest BCUT2D eigenvalue weighted by Crippen LogP contribution is 2.43. The molecule has 7 heteroatoms. The van der Waals surface area contributed by atoms with Crippen LogP contribution in [0, 0.1) is 6.92 Å². The zero-order chi connectivity index (χ0) is 39.8. The van der Waals surface area contributed by atoms with E-state index >= 15 is 0 Å². The van der Waals surface area contributed by atoms with Gasteiger partial charge in [-0.15, -0.1) is 0 Å². The summed E-state index contributed by atoms with van der Waals surface area (Å²) in [4.78, 5) is 4.11. The monoisotopic (exact) mass is 774 g/mol. The highest BCUT2D eigenvalue weighted by molar-refractivity contribution is 6.18. The lowest BCUT2D eigenvalue weighted by Gasteiger charge is -2.26. The number of nitrogens with zero attached hydrogens (tertiary/aromatic N) is 2. The zero-order valence-electron chi connectivity index (χ0n) is 31.7. The molecule has 0 spiro atoms. The molecule has 11 aromatic rings. The molecule has 0 fully saturated rings. The van der Waals surface area contributed by atoms with E-state index in [1.165, 1.54) is 17.7 Å². The van der Waals surface area contributed by atoms with Crippen LogP contribution in [0.15, 0.2) is 191 Å². The Bertz CT molecular complexity index is 3410. The van der Waals surface area contributed by atoms with Crippen molar-refractivity contribution in [3.05, 3.63) is 193 Å². The zero-order valence-corrected chi connectivity index (χ0v) is 31.7. The molecule has 4 nitrogen and oxygen atoms in total. The molecule has 0 saturated heterocycles. The minimum Gasteiger partial charge on any atom is -0.456 e. The van der Waals surface area contributed by atoms with Crippen molar-refractivity contribution in [1.29, 1.82) is 0 Å². The summed E-state index contributed by atoms with van der Waals surface area (Å²) in [6.45, 7) is 2.11. The summed E-state index contributed by atoms with van der Waals surface area (Å²) < 4.78 is 54.4. The van der Waals surface area contributed by atoms with E-state index in [4.69, 9.17) is 8.83 Å². The van der Waals surface area contributed by atoms with E-state index in [0.717, 1.165) is 88.8 Å². The van der Waals surface area contributed by atoms with Crippen molar-refractivity contribution < 1.29 is 22.0 Å². The summed E-state index contributed by atoms with van der Waals surface area (Å²) in [7, 11) is 0. The molecule has 0 N–H and O–H groups in total. The molecule has 0 atom stereocenters. The Morgan fingerprint density at radius 1 is 0.356 bits per heavy atom. The summed E-state index contributed by atoms with van der Waals surface area (Å²) in [6.07, 6.45) is -4.47. The van der Waals surface area contributed by atoms with Gasteiger partial charge in [0.25, 0.3) is 0 Å². The van der Waals surface area contributed by atoms with Crippen LogP contribution in [0.5, 0.6) is 0 Å². The minimum absolute atomic E-state index is 0.412. The Labute approximate surface area is 336 Å². The first kappa shape index (κ1) is 34.7. The lowest BCUT2D eigenvalue weighted by molar-refractivity contribution is -0.137. The van der Waals surface area contributed by atoms with Crippen LogP contribution in [0.1, 0.15) is 11.1 Å². The summed E-state index contributed by atoms with van der Waals surface area (Å²) in [6, 6.07) is 58.8. The third kappa shape index (κ3) is 6.01. The van der Waals surface area contributed by atoms with E-state index in [1.54, 1.807) is 6.07 Å². The molecule has 11 rings (SSSR count). The first-order chi connectivity index (χ1) is 28.7. The van der Waals surface area contributed by atoms with Crippen LogP contribution in [-0.2, 0) is 6.18 Å². The molecular formula is C52H33F3N2O2. The predicted octanol–water partition coefficient (Wildman–Crippen LogP) is 16.1. The number of anilines is 6. The fourth-order valence-electron chi connectivity index (χ4n) is 8.42. The quantitative estimate of drug-likeness (QED) is 0.168. The number of hydrogen-bond acceptors (Lipinski definition) is 4. The fourth-order valence-corrected chi connectivity index (χ4v) is 8.42. The largest absolute Gasteiger partial charge is 0.456 e. The predicted molar refractivity (Wildman–Crippen MR) is 235 cm³/mol. The molecule has 0 aliphatic carbocycles. The number of halogens is 3. The smallest absolute Gasteiger partial charge is 0.416 e. The van der Waals surface area contributed by atoms with Crippen LogP contribution >= 0.6 is 0 Å². The highest BCUT2D eigenvalue weighted by atomic mass is 19.4. The van der Waals surface area contributed by atoms with Gasteiger partial charge in [0.1, 0.15) is 22.3 Å². The van der Waals surface area contributed by atoms with Gasteiger partial charge in [0.2, 0.25) is 0 Å². The van der Waals surface area contributed by atoms with E-state index in [1.807, 2.05) is 71.6 Å². The van der Waals surface area contributed by atoms with Crippen molar-refractivity contribution in [2.75, 3.05) is 9.80 Å². The molecule has 59 heavy (non-hydrogen) atoms. The molecule has 0 aliphatic heterocycles. The second kappa shape index (κ2) is 13.3. The van der Waals surface area contributed by atoms with Crippen LogP contribution in [-0.4, -0.2) is 0 Å². The Hall–Kier alpha value is -7.51. The average molecular weight is 775 g/mol. The number of para-hydroxylation sites is 2. The molecule has 0 saturated carbocycles. The Morgan fingerprint density at radius 2 is 0.797 bits per heavy atom. The molecule has 0 bridgehead atoms. The summed E-state index contributed by atoms with van der Waals surface area (Å²) in [5, 5.41) is 8.03. The standard InChI is InChI=1S/C52H33F3N2O2/c1-32-10-8-16-40(22-32)56(38-12-4-2-5-13-38)42-20-18-33-25-44-46-30-47-45-26-34-19-21-43(57(39-14-6-3-7-15-39)41-17-9-11-37(29-41)52(53,54)55)24-36(34)28-49(45)59-51(47)31-50(46)58-48(44)27-35(33)23-42/h2-31H,1H3. The lowest BCUT2D eigenvalue weighted by atomic mass is 10.0. The van der Waals surface area contributed by atoms with Gasteiger partial charge in [0.15, 0.2) is 0 Å². The third-order valence-corrected chi connectivity index (χ3v) is 11.2. The van der Waals surface area contributed by atoms with Crippen molar-refractivity contribution in [3.63, 3.8) is 0 Å². The van der Waals surface area contributed by atoms with Crippen molar-refractivity contribution >= 4 is 99.5 Å². The van der Waals surface area contributed by atoms with Crippen LogP contribution in [0.25, 0.3) is 65.4 Å². The molecule has 2 aromatic heterocycles. The SMILES string of the molecule is Cc1cccc(N(c2ccccc2)c2ccc3cc4c(cc3c2)oc2cc3oc5cc6cc(N(c7ccccc7)c7cccc(C(F)(F)F)c7)ccc6cc5c3cc24)c1. The number of alkyl halides is 3.